The molecular formula is C48H100MoO12P4+4. The minimum Gasteiger partial charge on any atom is -0.566 e. The van der Waals surface area contributed by atoms with Crippen LogP contribution in [0, 0.1) is 0 Å². The number of unbranched alkanes of at least 4 members (excludes halogenated alkanes) is 36. The smallest absolute Gasteiger partial charge is 0.566 e. The van der Waals surface area contributed by atoms with Crippen LogP contribution in [0.2, 0.25) is 0 Å². The molecule has 0 aromatic heterocycles. The quantitative estimate of drug-likeness (QED) is 0.0318. The standard InChI is InChI=1S/4C12H25O3P.Mo/c4*1-2-3-4-5-6-7-8-9-10-11-12-15-16(13)14;/h4*2-12H2,1H3;/q;;;;+4. The molecule has 0 aromatic rings. The normalized spacial score (nSPS) is 11.6. The van der Waals surface area contributed by atoms with E-state index in [2.05, 4.69) is 45.8 Å². The van der Waals surface area contributed by atoms with Gasteiger partial charge in [-0.25, -0.2) is 0 Å². The van der Waals surface area contributed by atoms with Gasteiger partial charge in [0.2, 0.25) is 0 Å². The van der Waals surface area contributed by atoms with Crippen LogP contribution in [0.4, 0.5) is 0 Å². The number of rotatable bonds is 48. The molecule has 386 valence electrons. The van der Waals surface area contributed by atoms with Gasteiger partial charge in [-0.1, -0.05) is 259 Å². The summed E-state index contributed by atoms with van der Waals surface area (Å²) >= 11 is 0. The minimum atomic E-state index is -2.64. The van der Waals surface area contributed by atoms with Crippen LogP contribution in [0.15, 0.2) is 0 Å². The maximum Gasteiger partial charge on any atom is 4.00 e. The van der Waals surface area contributed by atoms with Crippen LogP contribution in [0.5, 0.6) is 0 Å². The zero-order chi connectivity index (χ0) is 48.3. The van der Waals surface area contributed by atoms with Crippen LogP contribution >= 0.6 is 33.0 Å². The second-order valence-corrected chi connectivity index (χ2v) is 19.8. The summed E-state index contributed by atoms with van der Waals surface area (Å²) in [7, 11) is -10.5. The Morgan fingerprint density at radius 1 is 0.231 bits per heavy atom. The number of hydrogen-bond donors (Lipinski definition) is 0. The van der Waals surface area contributed by atoms with Crippen LogP contribution in [-0.2, 0) is 57.4 Å². The Labute approximate surface area is 418 Å². The summed E-state index contributed by atoms with van der Waals surface area (Å²) < 4.78 is 58.2. The van der Waals surface area contributed by atoms with Gasteiger partial charge >= 0.3 is 54.1 Å². The fraction of sp³-hybridized carbons (Fsp3) is 1.00. The molecule has 0 aliphatic rings. The summed E-state index contributed by atoms with van der Waals surface area (Å²) in [5, 5.41) is 0. The molecule has 0 N–H and O–H groups in total. The van der Waals surface area contributed by atoms with Crippen molar-refractivity contribution in [2.24, 2.45) is 0 Å². The molecule has 12 nitrogen and oxygen atoms in total. The van der Waals surface area contributed by atoms with Crippen molar-refractivity contribution in [3.8, 4) is 0 Å². The van der Waals surface area contributed by atoms with E-state index in [0.29, 0.717) is 26.4 Å². The van der Waals surface area contributed by atoms with Crippen molar-refractivity contribution in [3.05, 3.63) is 0 Å². The molecule has 0 aromatic carbocycles. The molecule has 0 rings (SSSR count). The van der Waals surface area contributed by atoms with E-state index in [-0.39, 0.29) is 21.1 Å². The van der Waals surface area contributed by atoms with Gasteiger partial charge in [0.1, 0.15) is 26.4 Å². The van der Waals surface area contributed by atoms with Crippen LogP contribution in [-0.4, -0.2) is 26.4 Å². The summed E-state index contributed by atoms with van der Waals surface area (Å²) in [5.74, 6) is 0. The third-order valence-corrected chi connectivity index (χ3v) is 12.4. The molecule has 4 atom stereocenters. The largest absolute Gasteiger partial charge is 4.00 e. The van der Waals surface area contributed by atoms with E-state index in [0.717, 1.165) is 51.4 Å². The molecule has 65 heavy (non-hydrogen) atoms. The summed E-state index contributed by atoms with van der Waals surface area (Å²) in [6.45, 7) is 10.4. The van der Waals surface area contributed by atoms with Crippen LogP contribution in [0.25, 0.3) is 0 Å². The fourth-order valence-electron chi connectivity index (χ4n) is 6.91. The molecule has 0 radical (unpaired) electrons. The Kier molecular flexibility index (Phi) is 82.0. The van der Waals surface area contributed by atoms with E-state index in [4.69, 9.17) is 0 Å². The Hall–Kier alpha value is 0.768. The first kappa shape index (κ1) is 74.7. The first-order valence-electron chi connectivity index (χ1n) is 26.2. The average Bonchev–Trinajstić information content (AvgIpc) is 3.26. The van der Waals surface area contributed by atoms with Gasteiger partial charge in [0.15, 0.2) is 0 Å². The topological polar surface area (TPSA) is 197 Å². The van der Waals surface area contributed by atoms with Gasteiger partial charge in [0, 0.05) is 0 Å². The van der Waals surface area contributed by atoms with Gasteiger partial charge < -0.3 is 19.6 Å². The number of hydrogen-bond acceptors (Lipinski definition) is 12. The van der Waals surface area contributed by atoms with Crippen LogP contribution in [0.3, 0.4) is 0 Å². The van der Waals surface area contributed by atoms with Crippen molar-refractivity contribution in [1.82, 2.24) is 0 Å². The van der Waals surface area contributed by atoms with Crippen molar-refractivity contribution in [3.63, 3.8) is 0 Å². The summed E-state index contributed by atoms with van der Waals surface area (Å²) in [4.78, 5) is 40.3. The summed E-state index contributed by atoms with van der Waals surface area (Å²) in [6.07, 6.45) is 50.0. The molecule has 0 saturated carbocycles. The Morgan fingerprint density at radius 2 is 0.338 bits per heavy atom. The molecule has 0 amide bonds. The molecule has 0 saturated heterocycles. The fourth-order valence-corrected chi connectivity index (χ4v) is 8.03. The van der Waals surface area contributed by atoms with Gasteiger partial charge in [0.25, 0.3) is 0 Å². The van der Waals surface area contributed by atoms with E-state index in [1.54, 1.807) is 0 Å². The van der Waals surface area contributed by atoms with Gasteiger partial charge in [0.05, 0.1) is 0 Å². The molecule has 0 aliphatic heterocycles. The first-order chi connectivity index (χ1) is 31.1. The zero-order valence-corrected chi connectivity index (χ0v) is 47.8. The second kappa shape index (κ2) is 71.3. The maximum absolute atomic E-state index is 10.1. The second-order valence-electron chi connectivity index (χ2n) is 17.0. The van der Waals surface area contributed by atoms with Gasteiger partial charge in [-0.3, -0.25) is 0 Å². The van der Waals surface area contributed by atoms with E-state index >= 15 is 0 Å². The maximum atomic E-state index is 10.1. The third-order valence-electron chi connectivity index (χ3n) is 10.8. The molecule has 0 bridgehead atoms. The first-order valence-corrected chi connectivity index (χ1v) is 30.6. The SMILES string of the molecule is CCCCCCCCCCCCO[P+](=O)[O-].CCCCCCCCCCCCO[P+](=O)[O-].CCCCCCCCCCCCO[P+](=O)[O-].CCCCCCCCCCCCO[P+](=O)[O-].[Mo+4]. The van der Waals surface area contributed by atoms with Gasteiger partial charge in [-0.15, -0.1) is 18.1 Å². The summed E-state index contributed by atoms with van der Waals surface area (Å²) in [6, 6.07) is 0. The van der Waals surface area contributed by atoms with Gasteiger partial charge in [-0.05, 0) is 43.9 Å². The molecule has 17 heteroatoms. The Balaban J connectivity index is -0.000000245. The predicted octanol–water partition coefficient (Wildman–Crippen LogP) is 15.8. The van der Waals surface area contributed by atoms with E-state index in [9.17, 15) is 37.8 Å². The Bertz CT molecular complexity index is 801. The molecular weight excluding hydrogens is 988 g/mol. The predicted molar refractivity (Wildman–Crippen MR) is 262 cm³/mol. The summed E-state index contributed by atoms with van der Waals surface area (Å²) in [5.41, 5.74) is 0. The minimum absolute atomic E-state index is 0. The third kappa shape index (κ3) is 91.6. The van der Waals surface area contributed by atoms with E-state index in [1.165, 1.54) is 205 Å². The van der Waals surface area contributed by atoms with Crippen molar-refractivity contribution in [1.29, 1.82) is 0 Å². The van der Waals surface area contributed by atoms with Crippen molar-refractivity contribution in [2.45, 2.75) is 285 Å². The van der Waals surface area contributed by atoms with Crippen LogP contribution < -0.4 is 19.6 Å². The van der Waals surface area contributed by atoms with Gasteiger partial charge in [-0.2, -0.15) is 0 Å². The molecule has 0 heterocycles. The van der Waals surface area contributed by atoms with E-state index in [1.807, 2.05) is 0 Å². The molecule has 0 spiro atoms. The average molecular weight is 1090 g/mol. The zero-order valence-electron chi connectivity index (χ0n) is 42.2. The molecule has 0 aliphatic carbocycles. The van der Waals surface area contributed by atoms with Crippen molar-refractivity contribution < 1.29 is 77.0 Å². The van der Waals surface area contributed by atoms with Crippen molar-refractivity contribution >= 4 is 33.0 Å². The van der Waals surface area contributed by atoms with Crippen LogP contribution in [0.1, 0.15) is 285 Å². The molecule has 0 fully saturated rings. The Morgan fingerprint density at radius 3 is 0.446 bits per heavy atom. The monoisotopic (exact) mass is 1090 g/mol. The van der Waals surface area contributed by atoms with Crippen molar-refractivity contribution in [2.75, 3.05) is 26.4 Å². The van der Waals surface area contributed by atoms with E-state index < -0.39 is 33.0 Å². The molecule has 4 unspecified atom stereocenters.